The molecule has 0 aromatic carbocycles. The van der Waals surface area contributed by atoms with Gasteiger partial charge in [0.25, 0.3) is 0 Å². The molecule has 4 saturated carbocycles. The van der Waals surface area contributed by atoms with Gasteiger partial charge in [0.1, 0.15) is 5.78 Å². The lowest BCUT2D eigenvalue weighted by Crippen LogP contribution is -2.61. The van der Waals surface area contributed by atoms with E-state index >= 15 is 0 Å². The normalized spacial score (nSPS) is 64.2. The second-order valence-corrected chi connectivity index (χ2v) is 7.00. The van der Waals surface area contributed by atoms with Gasteiger partial charge >= 0.3 is 0 Å². The molecule has 6 atom stereocenters. The molecular formula is C14H20O3. The summed E-state index contributed by atoms with van der Waals surface area (Å²) in [6.45, 7) is 1.82. The van der Waals surface area contributed by atoms with E-state index in [0.717, 1.165) is 32.1 Å². The van der Waals surface area contributed by atoms with E-state index in [9.17, 15) is 15.0 Å². The number of rotatable bonds is 0. The molecule has 0 heterocycles. The van der Waals surface area contributed by atoms with E-state index in [0.29, 0.717) is 6.42 Å². The molecule has 17 heavy (non-hydrogen) atoms. The summed E-state index contributed by atoms with van der Waals surface area (Å²) in [7, 11) is 0. The molecular weight excluding hydrogens is 216 g/mol. The average Bonchev–Trinajstić information content (AvgIpc) is 2.82. The van der Waals surface area contributed by atoms with Gasteiger partial charge in [-0.05, 0) is 44.9 Å². The Balaban J connectivity index is 1.98. The fraction of sp³-hybridized carbons (Fsp3) is 0.929. The maximum absolute atomic E-state index is 12.7. The summed E-state index contributed by atoms with van der Waals surface area (Å²) in [5, 5.41) is 21.8. The van der Waals surface area contributed by atoms with Crippen molar-refractivity contribution in [3.8, 4) is 0 Å². The molecule has 0 radical (unpaired) electrons. The molecule has 0 amide bonds. The van der Waals surface area contributed by atoms with Crippen LogP contribution >= 0.6 is 0 Å². The SMILES string of the molecule is C[C@@]1(O)[C@@H]2[C@@H]3CC[C@]2(O)C[C@@H]2CCC[C@@]21C3=O. The van der Waals surface area contributed by atoms with Crippen molar-refractivity contribution < 1.29 is 15.0 Å². The van der Waals surface area contributed by atoms with E-state index in [1.807, 2.05) is 6.92 Å². The minimum Gasteiger partial charge on any atom is -0.389 e. The Hall–Kier alpha value is -0.410. The average molecular weight is 236 g/mol. The summed E-state index contributed by atoms with van der Waals surface area (Å²) in [5.74, 6) is 0.231. The van der Waals surface area contributed by atoms with E-state index in [2.05, 4.69) is 0 Å². The van der Waals surface area contributed by atoms with Crippen LogP contribution in [0.15, 0.2) is 0 Å². The number of carbonyl (C=O) groups excluding carboxylic acids is 1. The van der Waals surface area contributed by atoms with Crippen LogP contribution in [-0.4, -0.2) is 27.2 Å². The van der Waals surface area contributed by atoms with Crippen molar-refractivity contribution in [1.82, 2.24) is 0 Å². The zero-order chi connectivity index (χ0) is 12.1. The second-order valence-electron chi connectivity index (χ2n) is 7.00. The Morgan fingerprint density at radius 3 is 2.76 bits per heavy atom. The summed E-state index contributed by atoms with van der Waals surface area (Å²) in [4.78, 5) is 12.7. The third-order valence-electron chi connectivity index (χ3n) is 6.58. The predicted molar refractivity (Wildman–Crippen MR) is 61.2 cm³/mol. The minimum atomic E-state index is -0.973. The summed E-state index contributed by atoms with van der Waals surface area (Å²) in [6.07, 6.45) is 5.11. The highest BCUT2D eigenvalue weighted by atomic mass is 16.3. The van der Waals surface area contributed by atoms with Crippen LogP contribution in [0.25, 0.3) is 0 Å². The van der Waals surface area contributed by atoms with Gasteiger partial charge in [0.15, 0.2) is 0 Å². The van der Waals surface area contributed by atoms with Gasteiger partial charge in [-0.3, -0.25) is 4.79 Å². The highest BCUT2D eigenvalue weighted by molar-refractivity contribution is 5.93. The molecule has 0 saturated heterocycles. The Morgan fingerprint density at radius 1 is 1.24 bits per heavy atom. The monoisotopic (exact) mass is 236 g/mol. The maximum atomic E-state index is 12.7. The molecule has 2 bridgehead atoms. The largest absolute Gasteiger partial charge is 0.389 e. The van der Waals surface area contributed by atoms with Crippen molar-refractivity contribution in [1.29, 1.82) is 0 Å². The van der Waals surface area contributed by atoms with Crippen LogP contribution in [0.1, 0.15) is 45.4 Å². The Kier molecular flexibility index (Phi) is 1.62. The fourth-order valence-corrected chi connectivity index (χ4v) is 6.16. The number of Topliss-reactive ketones (excluding diaryl/α,β-unsaturated/α-hetero) is 1. The van der Waals surface area contributed by atoms with E-state index in [1.54, 1.807) is 0 Å². The molecule has 4 rings (SSSR count). The van der Waals surface area contributed by atoms with Gasteiger partial charge in [-0.2, -0.15) is 0 Å². The summed E-state index contributed by atoms with van der Waals surface area (Å²) in [5.41, 5.74) is -2.24. The third kappa shape index (κ3) is 0.839. The van der Waals surface area contributed by atoms with Crippen LogP contribution in [0.5, 0.6) is 0 Å². The van der Waals surface area contributed by atoms with Crippen molar-refractivity contribution in [2.24, 2.45) is 23.2 Å². The van der Waals surface area contributed by atoms with Crippen LogP contribution in [0.3, 0.4) is 0 Å². The van der Waals surface area contributed by atoms with Crippen molar-refractivity contribution in [2.45, 2.75) is 56.7 Å². The zero-order valence-electron chi connectivity index (χ0n) is 10.3. The number of aliphatic hydroxyl groups is 2. The Bertz CT molecular complexity index is 416. The molecule has 4 aliphatic carbocycles. The first kappa shape index (κ1) is 10.5. The van der Waals surface area contributed by atoms with Crippen LogP contribution in [0, 0.1) is 23.2 Å². The smallest absolute Gasteiger partial charge is 0.145 e. The first-order valence-corrected chi connectivity index (χ1v) is 6.92. The molecule has 3 heteroatoms. The molecule has 4 fully saturated rings. The van der Waals surface area contributed by atoms with Gasteiger partial charge in [0.05, 0.1) is 16.6 Å². The number of hydrogen-bond acceptors (Lipinski definition) is 3. The van der Waals surface area contributed by atoms with Gasteiger partial charge in [0, 0.05) is 11.8 Å². The summed E-state index contributed by atoms with van der Waals surface area (Å²) < 4.78 is 0. The molecule has 1 spiro atoms. The van der Waals surface area contributed by atoms with Gasteiger partial charge in [-0.15, -0.1) is 0 Å². The van der Waals surface area contributed by atoms with Gasteiger partial charge in [-0.1, -0.05) is 6.42 Å². The van der Waals surface area contributed by atoms with E-state index < -0.39 is 16.6 Å². The van der Waals surface area contributed by atoms with Crippen molar-refractivity contribution >= 4 is 5.78 Å². The molecule has 3 nitrogen and oxygen atoms in total. The quantitative estimate of drug-likeness (QED) is 0.666. The molecule has 2 N–H and O–H groups in total. The van der Waals surface area contributed by atoms with Crippen molar-refractivity contribution in [3.63, 3.8) is 0 Å². The molecule has 0 aliphatic heterocycles. The van der Waals surface area contributed by atoms with E-state index in [-0.39, 0.29) is 23.5 Å². The fourth-order valence-electron chi connectivity index (χ4n) is 6.16. The molecule has 0 aromatic heterocycles. The van der Waals surface area contributed by atoms with E-state index in [4.69, 9.17) is 0 Å². The van der Waals surface area contributed by atoms with Gasteiger partial charge < -0.3 is 10.2 Å². The van der Waals surface area contributed by atoms with Crippen molar-refractivity contribution in [3.05, 3.63) is 0 Å². The van der Waals surface area contributed by atoms with Crippen LogP contribution in [-0.2, 0) is 4.79 Å². The molecule has 94 valence electrons. The van der Waals surface area contributed by atoms with Crippen molar-refractivity contribution in [2.75, 3.05) is 0 Å². The van der Waals surface area contributed by atoms with Gasteiger partial charge in [0.2, 0.25) is 0 Å². The maximum Gasteiger partial charge on any atom is 0.145 e. The summed E-state index contributed by atoms with van der Waals surface area (Å²) in [6, 6.07) is 0. The Labute approximate surface area is 101 Å². The highest BCUT2D eigenvalue weighted by Gasteiger charge is 2.79. The molecule has 4 aliphatic rings. The lowest BCUT2D eigenvalue weighted by molar-refractivity contribution is -0.195. The number of ketones is 1. The van der Waals surface area contributed by atoms with Gasteiger partial charge in [-0.25, -0.2) is 0 Å². The molecule has 0 aromatic rings. The predicted octanol–water partition coefficient (Wildman–Crippen LogP) is 1.27. The lowest BCUT2D eigenvalue weighted by atomic mass is 9.55. The van der Waals surface area contributed by atoms with Crippen LogP contribution in [0.4, 0.5) is 0 Å². The second kappa shape index (κ2) is 2.62. The minimum absolute atomic E-state index is 0.0712. The van der Waals surface area contributed by atoms with Crippen LogP contribution < -0.4 is 0 Å². The summed E-state index contributed by atoms with van der Waals surface area (Å²) >= 11 is 0. The first-order chi connectivity index (χ1) is 7.93. The Morgan fingerprint density at radius 2 is 2.00 bits per heavy atom. The number of hydrogen-bond donors (Lipinski definition) is 2. The lowest BCUT2D eigenvalue weighted by Gasteiger charge is -2.52. The van der Waals surface area contributed by atoms with E-state index in [1.165, 1.54) is 0 Å². The number of carbonyl (C=O) groups is 1. The first-order valence-electron chi connectivity index (χ1n) is 6.92. The zero-order valence-corrected chi connectivity index (χ0v) is 10.3. The highest BCUT2D eigenvalue weighted by Crippen LogP contribution is 2.72. The third-order valence-corrected chi connectivity index (χ3v) is 6.58. The topological polar surface area (TPSA) is 57.5 Å². The molecule has 0 unspecified atom stereocenters. The van der Waals surface area contributed by atoms with Crippen LogP contribution in [0.2, 0.25) is 0 Å². The standard InChI is InChI=1S/C14H20O3/c1-12(16)10-9-4-6-13(10,17)7-8-3-2-5-14(8,12)11(9)15/h8-10,16-17H,2-7H2,1H3/t8-,9-,10-,12+,13-,14-/m0/s1.